The normalized spacial score (nSPS) is 16.4. The fourth-order valence-electron chi connectivity index (χ4n) is 4.65. The Bertz CT molecular complexity index is 1380. The van der Waals surface area contributed by atoms with Gasteiger partial charge in [-0.3, -0.25) is 9.20 Å². The smallest absolute Gasteiger partial charge is 0.355 e. The molecule has 1 fully saturated rings. The van der Waals surface area contributed by atoms with Crippen molar-refractivity contribution in [1.82, 2.24) is 9.38 Å². The number of imidazole rings is 1. The minimum Gasteiger partial charge on any atom is -0.355 e. The summed E-state index contributed by atoms with van der Waals surface area (Å²) in [6.07, 6.45) is -2.37. The minimum absolute atomic E-state index is 0.00407. The van der Waals surface area contributed by atoms with E-state index in [9.17, 15) is 22.4 Å². The summed E-state index contributed by atoms with van der Waals surface area (Å²) >= 11 is 0. The average molecular weight is 467 g/mol. The van der Waals surface area contributed by atoms with E-state index < -0.39 is 17.5 Å². The Morgan fingerprint density at radius 3 is 2.47 bits per heavy atom. The van der Waals surface area contributed by atoms with Gasteiger partial charge in [-0.05, 0) is 41.3 Å². The van der Waals surface area contributed by atoms with Crippen molar-refractivity contribution in [3.63, 3.8) is 0 Å². The van der Waals surface area contributed by atoms with Crippen molar-refractivity contribution in [2.45, 2.75) is 25.4 Å². The Labute approximate surface area is 193 Å². The summed E-state index contributed by atoms with van der Waals surface area (Å²) in [6, 6.07) is 16.2. The van der Waals surface area contributed by atoms with E-state index in [0.29, 0.717) is 36.5 Å². The van der Waals surface area contributed by atoms with Gasteiger partial charge in [0.25, 0.3) is 0 Å². The molecule has 0 radical (unpaired) electrons. The number of carbonyl (C=O) groups is 1. The van der Waals surface area contributed by atoms with E-state index >= 15 is 0 Å². The third-order valence-electron chi connectivity index (χ3n) is 6.25. The Morgan fingerprint density at radius 1 is 1.03 bits per heavy atom. The van der Waals surface area contributed by atoms with Gasteiger partial charge in [-0.15, -0.1) is 0 Å². The van der Waals surface area contributed by atoms with Crippen LogP contribution in [0.4, 0.5) is 23.4 Å². The number of pyridine rings is 1. The van der Waals surface area contributed by atoms with Crippen LogP contribution in [0, 0.1) is 5.82 Å². The van der Waals surface area contributed by atoms with E-state index in [1.807, 2.05) is 11.0 Å². The second kappa shape index (κ2) is 8.27. The van der Waals surface area contributed by atoms with E-state index in [1.54, 1.807) is 42.6 Å². The summed E-state index contributed by atoms with van der Waals surface area (Å²) in [7, 11) is 0. The second-order valence-corrected chi connectivity index (χ2v) is 8.53. The van der Waals surface area contributed by atoms with Crippen molar-refractivity contribution in [3.8, 4) is 11.1 Å². The molecule has 2 aromatic carbocycles. The topological polar surface area (TPSA) is 37.6 Å². The van der Waals surface area contributed by atoms with Crippen LogP contribution in [0.1, 0.15) is 40.9 Å². The quantitative estimate of drug-likeness (QED) is 0.259. The molecule has 5 rings (SSSR count). The van der Waals surface area contributed by atoms with Crippen LogP contribution in [0.5, 0.6) is 0 Å². The molecule has 4 aromatic rings. The molecule has 0 saturated carbocycles. The van der Waals surface area contributed by atoms with Crippen LogP contribution in [-0.2, 0) is 6.18 Å². The maximum absolute atomic E-state index is 14.1. The molecule has 2 aromatic heterocycles. The van der Waals surface area contributed by atoms with Crippen molar-refractivity contribution < 1.29 is 22.4 Å². The number of carbonyl (C=O) groups excluding carboxylic acids is 1. The van der Waals surface area contributed by atoms with Crippen molar-refractivity contribution in [2.75, 3.05) is 18.0 Å². The van der Waals surface area contributed by atoms with Crippen molar-refractivity contribution in [1.29, 1.82) is 0 Å². The molecule has 4 nitrogen and oxygen atoms in total. The van der Waals surface area contributed by atoms with Crippen LogP contribution in [0.15, 0.2) is 66.9 Å². The summed E-state index contributed by atoms with van der Waals surface area (Å²) in [5, 5.41) is 0. The van der Waals surface area contributed by atoms with E-state index in [-0.39, 0.29) is 23.1 Å². The number of Topliss-reactive ketones (excluding diaryl/α,β-unsaturated/α-hetero) is 1. The molecule has 174 valence electrons. The van der Waals surface area contributed by atoms with Crippen molar-refractivity contribution in [2.24, 2.45) is 0 Å². The molecule has 1 aliphatic rings. The highest BCUT2D eigenvalue weighted by Gasteiger charge is 2.37. The number of hydrogen-bond acceptors (Lipinski definition) is 3. The molecule has 1 unspecified atom stereocenters. The average Bonchev–Trinajstić information content (AvgIpc) is 3.43. The molecular formula is C26H21F4N3O. The molecule has 34 heavy (non-hydrogen) atoms. The third kappa shape index (κ3) is 3.93. The molecule has 8 heteroatoms. The zero-order chi connectivity index (χ0) is 24.0. The van der Waals surface area contributed by atoms with Gasteiger partial charge < -0.3 is 4.90 Å². The molecule has 0 amide bonds. The van der Waals surface area contributed by atoms with E-state index in [0.717, 1.165) is 11.6 Å². The predicted molar refractivity (Wildman–Crippen MR) is 122 cm³/mol. The SMILES string of the molecule is CC(=O)c1nc2c(C(F)(F)F)cc(-c3ccccc3)cn2c1N1CCC(c2cccc(F)c2)C1. The molecule has 1 atom stereocenters. The largest absolute Gasteiger partial charge is 0.420 e. The maximum Gasteiger partial charge on any atom is 0.420 e. The summed E-state index contributed by atoms with van der Waals surface area (Å²) < 4.78 is 57.3. The third-order valence-corrected chi connectivity index (χ3v) is 6.25. The number of halogens is 4. The standard InChI is InChI=1S/C26H21F4N3O/c1-16(34)23-25(32-11-10-19(14-32)18-8-5-9-21(27)12-18)33-15-20(17-6-3-2-4-7-17)13-22(24(33)31-23)26(28,29)30/h2-9,12-13,15,19H,10-11,14H2,1H3. The molecule has 0 N–H and O–H groups in total. The zero-order valence-electron chi connectivity index (χ0n) is 18.3. The van der Waals surface area contributed by atoms with E-state index in [4.69, 9.17) is 0 Å². The van der Waals surface area contributed by atoms with Gasteiger partial charge >= 0.3 is 6.18 Å². The van der Waals surface area contributed by atoms with Crippen LogP contribution in [0.25, 0.3) is 16.8 Å². The van der Waals surface area contributed by atoms with Gasteiger partial charge in [0.2, 0.25) is 0 Å². The van der Waals surface area contributed by atoms with Gasteiger partial charge in [-0.1, -0.05) is 42.5 Å². The van der Waals surface area contributed by atoms with Crippen molar-refractivity contribution >= 4 is 17.2 Å². The Hall–Kier alpha value is -3.68. The van der Waals surface area contributed by atoms with E-state index in [1.165, 1.54) is 23.5 Å². The number of aromatic nitrogens is 2. The maximum atomic E-state index is 14.1. The molecule has 1 aliphatic heterocycles. The lowest BCUT2D eigenvalue weighted by Gasteiger charge is -2.20. The number of rotatable bonds is 4. The molecule has 0 bridgehead atoms. The lowest BCUT2D eigenvalue weighted by molar-refractivity contribution is -0.136. The lowest BCUT2D eigenvalue weighted by Crippen LogP contribution is -2.23. The fourth-order valence-corrected chi connectivity index (χ4v) is 4.65. The zero-order valence-corrected chi connectivity index (χ0v) is 18.3. The highest BCUT2D eigenvalue weighted by Crippen LogP contribution is 2.39. The molecule has 0 spiro atoms. The number of hydrogen-bond donors (Lipinski definition) is 0. The monoisotopic (exact) mass is 467 g/mol. The Kier molecular flexibility index (Phi) is 5.38. The number of alkyl halides is 3. The number of ketones is 1. The van der Waals surface area contributed by atoms with Gasteiger partial charge in [-0.25, -0.2) is 9.37 Å². The van der Waals surface area contributed by atoms with Crippen molar-refractivity contribution in [3.05, 3.63) is 89.5 Å². The first kappa shape index (κ1) is 22.1. The first-order chi connectivity index (χ1) is 16.2. The van der Waals surface area contributed by atoms with Gasteiger partial charge in [0.1, 0.15) is 17.3 Å². The summed E-state index contributed by atoms with van der Waals surface area (Å²) in [5.41, 5.74) is 0.607. The highest BCUT2D eigenvalue weighted by atomic mass is 19.4. The second-order valence-electron chi connectivity index (χ2n) is 8.53. The van der Waals surface area contributed by atoms with Crippen LogP contribution in [0.3, 0.4) is 0 Å². The molecule has 1 saturated heterocycles. The predicted octanol–water partition coefficient (Wildman–Crippen LogP) is 6.36. The van der Waals surface area contributed by atoms with Gasteiger partial charge in [-0.2, -0.15) is 13.2 Å². The number of benzene rings is 2. The van der Waals surface area contributed by atoms with Crippen LogP contribution in [0.2, 0.25) is 0 Å². The Balaban J connectivity index is 1.68. The van der Waals surface area contributed by atoms with Gasteiger partial charge in [0.05, 0.1) is 5.56 Å². The molecule has 3 heterocycles. The molecular weight excluding hydrogens is 446 g/mol. The highest BCUT2D eigenvalue weighted by molar-refractivity contribution is 5.98. The van der Waals surface area contributed by atoms with Crippen LogP contribution in [-0.4, -0.2) is 28.3 Å². The number of nitrogens with zero attached hydrogens (tertiary/aromatic N) is 3. The Morgan fingerprint density at radius 2 is 1.79 bits per heavy atom. The summed E-state index contributed by atoms with van der Waals surface area (Å²) in [6.45, 7) is 2.25. The van der Waals surface area contributed by atoms with Crippen LogP contribution >= 0.6 is 0 Å². The first-order valence-electron chi connectivity index (χ1n) is 10.9. The lowest BCUT2D eigenvalue weighted by atomic mass is 9.98. The minimum atomic E-state index is -4.65. The summed E-state index contributed by atoms with van der Waals surface area (Å²) in [5.74, 6) is -0.426. The first-order valence-corrected chi connectivity index (χ1v) is 10.9. The molecule has 0 aliphatic carbocycles. The van der Waals surface area contributed by atoms with Gasteiger partial charge in [0, 0.05) is 32.1 Å². The number of fused-ring (bicyclic) bond motifs is 1. The number of anilines is 1. The summed E-state index contributed by atoms with van der Waals surface area (Å²) in [4.78, 5) is 18.5. The van der Waals surface area contributed by atoms with E-state index in [2.05, 4.69) is 4.98 Å². The fraction of sp³-hybridized carbons (Fsp3) is 0.231. The van der Waals surface area contributed by atoms with Gasteiger partial charge in [0.15, 0.2) is 11.4 Å². The van der Waals surface area contributed by atoms with Crippen LogP contribution < -0.4 is 4.90 Å².